The average Bonchev–Trinajstić information content (AvgIpc) is 2.97. The van der Waals surface area contributed by atoms with E-state index in [0.717, 1.165) is 29.9 Å². The Morgan fingerprint density at radius 2 is 2.17 bits per heavy atom. The van der Waals surface area contributed by atoms with E-state index in [9.17, 15) is 4.79 Å². The van der Waals surface area contributed by atoms with Crippen LogP contribution in [-0.4, -0.2) is 20.1 Å². The Hall–Kier alpha value is -1.84. The second kappa shape index (κ2) is 5.21. The predicted molar refractivity (Wildman–Crippen MR) is 70.7 cm³/mol. The van der Waals surface area contributed by atoms with Crippen LogP contribution in [0.25, 0.3) is 0 Å². The minimum Gasteiger partial charge on any atom is -0.348 e. The van der Waals surface area contributed by atoms with Gasteiger partial charge in [0.15, 0.2) is 5.78 Å². The highest BCUT2D eigenvalue weighted by atomic mass is 16.1. The average molecular weight is 245 g/mol. The molecular weight excluding hydrogens is 226 g/mol. The van der Waals surface area contributed by atoms with Crippen molar-refractivity contribution < 1.29 is 4.79 Å². The third kappa shape index (κ3) is 2.53. The maximum atomic E-state index is 11.6. The summed E-state index contributed by atoms with van der Waals surface area (Å²) in [4.78, 5) is 11.6. The van der Waals surface area contributed by atoms with Gasteiger partial charge in [0, 0.05) is 31.4 Å². The fourth-order valence-corrected chi connectivity index (χ4v) is 1.99. The van der Waals surface area contributed by atoms with Crippen LogP contribution in [0.1, 0.15) is 42.0 Å². The van der Waals surface area contributed by atoms with E-state index in [-0.39, 0.29) is 5.78 Å². The highest BCUT2D eigenvalue weighted by molar-refractivity contribution is 5.95. The third-order valence-electron chi connectivity index (χ3n) is 3.13. The standard InChI is InChI=1S/C14H19N3O/c1-4-12-8-13(16(3)15-12)10-17-7-6-11(9-17)14(18)5-2/h6-9H,4-5,10H2,1-3H3. The van der Waals surface area contributed by atoms with Gasteiger partial charge in [-0.1, -0.05) is 13.8 Å². The van der Waals surface area contributed by atoms with E-state index in [1.54, 1.807) is 0 Å². The van der Waals surface area contributed by atoms with E-state index in [1.807, 2.05) is 41.7 Å². The molecule has 0 N–H and O–H groups in total. The zero-order valence-corrected chi connectivity index (χ0v) is 11.2. The van der Waals surface area contributed by atoms with E-state index in [0.29, 0.717) is 6.42 Å². The molecule has 2 aromatic rings. The Balaban J connectivity index is 2.15. The SMILES string of the molecule is CCC(=O)c1ccn(Cc2cc(CC)nn2C)c1. The largest absolute Gasteiger partial charge is 0.348 e. The second-order valence-electron chi connectivity index (χ2n) is 4.45. The lowest BCUT2D eigenvalue weighted by Crippen LogP contribution is -2.04. The Morgan fingerprint density at radius 1 is 1.39 bits per heavy atom. The topological polar surface area (TPSA) is 39.8 Å². The van der Waals surface area contributed by atoms with Crippen molar-refractivity contribution in [2.75, 3.05) is 0 Å². The molecule has 0 atom stereocenters. The van der Waals surface area contributed by atoms with Crippen LogP contribution in [0.4, 0.5) is 0 Å². The lowest BCUT2D eigenvalue weighted by Gasteiger charge is -2.02. The number of rotatable bonds is 5. The number of hydrogen-bond acceptors (Lipinski definition) is 2. The Kier molecular flexibility index (Phi) is 3.65. The van der Waals surface area contributed by atoms with Gasteiger partial charge in [0.2, 0.25) is 0 Å². The van der Waals surface area contributed by atoms with Crippen molar-refractivity contribution >= 4 is 5.78 Å². The van der Waals surface area contributed by atoms with E-state index in [2.05, 4.69) is 18.1 Å². The summed E-state index contributed by atoms with van der Waals surface area (Å²) in [6.45, 7) is 4.73. The molecule has 2 rings (SSSR count). The van der Waals surface area contributed by atoms with Gasteiger partial charge in [0.05, 0.1) is 17.9 Å². The van der Waals surface area contributed by atoms with Crippen molar-refractivity contribution in [2.24, 2.45) is 7.05 Å². The fourth-order valence-electron chi connectivity index (χ4n) is 1.99. The molecule has 0 fully saturated rings. The first-order valence-corrected chi connectivity index (χ1v) is 6.34. The number of aryl methyl sites for hydroxylation is 2. The highest BCUT2D eigenvalue weighted by Crippen LogP contribution is 2.09. The molecule has 0 unspecified atom stereocenters. The lowest BCUT2D eigenvalue weighted by atomic mass is 10.2. The number of carbonyl (C=O) groups is 1. The summed E-state index contributed by atoms with van der Waals surface area (Å²) in [6.07, 6.45) is 5.35. The molecule has 96 valence electrons. The molecule has 0 aromatic carbocycles. The minimum atomic E-state index is 0.188. The quantitative estimate of drug-likeness (QED) is 0.759. The van der Waals surface area contributed by atoms with Crippen molar-refractivity contribution in [3.63, 3.8) is 0 Å². The molecule has 0 radical (unpaired) electrons. The van der Waals surface area contributed by atoms with Gasteiger partial charge in [-0.3, -0.25) is 9.48 Å². The molecule has 4 heteroatoms. The molecule has 0 aliphatic carbocycles. The van der Waals surface area contributed by atoms with Gasteiger partial charge < -0.3 is 4.57 Å². The maximum absolute atomic E-state index is 11.6. The first kappa shape index (κ1) is 12.6. The van der Waals surface area contributed by atoms with Crippen LogP contribution in [0.2, 0.25) is 0 Å². The first-order chi connectivity index (χ1) is 8.63. The fraction of sp³-hybridized carbons (Fsp3) is 0.429. The van der Waals surface area contributed by atoms with Crippen LogP contribution in [0.15, 0.2) is 24.5 Å². The lowest BCUT2D eigenvalue weighted by molar-refractivity contribution is 0.0988. The third-order valence-corrected chi connectivity index (χ3v) is 3.13. The smallest absolute Gasteiger partial charge is 0.164 e. The molecule has 0 bridgehead atoms. The minimum absolute atomic E-state index is 0.188. The van der Waals surface area contributed by atoms with Crippen molar-refractivity contribution in [3.05, 3.63) is 41.5 Å². The second-order valence-corrected chi connectivity index (χ2v) is 4.45. The number of Topliss-reactive ketones (excluding diaryl/α,β-unsaturated/α-hetero) is 1. The number of aromatic nitrogens is 3. The maximum Gasteiger partial charge on any atom is 0.164 e. The number of nitrogens with zero attached hydrogens (tertiary/aromatic N) is 3. The zero-order chi connectivity index (χ0) is 13.1. The van der Waals surface area contributed by atoms with Crippen LogP contribution < -0.4 is 0 Å². The highest BCUT2D eigenvalue weighted by Gasteiger charge is 2.07. The summed E-state index contributed by atoms with van der Waals surface area (Å²) in [5.41, 5.74) is 3.04. The van der Waals surface area contributed by atoms with E-state index in [4.69, 9.17) is 0 Å². The molecule has 0 amide bonds. The van der Waals surface area contributed by atoms with Gasteiger partial charge >= 0.3 is 0 Å². The monoisotopic (exact) mass is 245 g/mol. The van der Waals surface area contributed by atoms with Gasteiger partial charge in [-0.25, -0.2) is 0 Å². The van der Waals surface area contributed by atoms with Crippen LogP contribution in [0, 0.1) is 0 Å². The van der Waals surface area contributed by atoms with Crippen molar-refractivity contribution in [3.8, 4) is 0 Å². The van der Waals surface area contributed by atoms with E-state index in [1.165, 1.54) is 0 Å². The predicted octanol–water partition coefficient (Wildman–Crippen LogP) is 2.43. The molecule has 0 aliphatic heterocycles. The summed E-state index contributed by atoms with van der Waals surface area (Å²) < 4.78 is 3.93. The summed E-state index contributed by atoms with van der Waals surface area (Å²) >= 11 is 0. The molecule has 2 aromatic heterocycles. The normalized spacial score (nSPS) is 10.8. The van der Waals surface area contributed by atoms with Crippen molar-refractivity contribution in [1.82, 2.24) is 14.3 Å². The molecule has 18 heavy (non-hydrogen) atoms. The molecule has 0 aliphatic rings. The molecule has 0 saturated heterocycles. The van der Waals surface area contributed by atoms with E-state index >= 15 is 0 Å². The van der Waals surface area contributed by atoms with Crippen LogP contribution in [0.5, 0.6) is 0 Å². The number of hydrogen-bond donors (Lipinski definition) is 0. The van der Waals surface area contributed by atoms with Gasteiger partial charge in [-0.15, -0.1) is 0 Å². The van der Waals surface area contributed by atoms with Gasteiger partial charge in [0.1, 0.15) is 0 Å². The molecule has 2 heterocycles. The van der Waals surface area contributed by atoms with Gasteiger partial charge in [-0.2, -0.15) is 5.10 Å². The Morgan fingerprint density at radius 3 is 2.78 bits per heavy atom. The summed E-state index contributed by atoms with van der Waals surface area (Å²) in [5.74, 6) is 0.188. The van der Waals surface area contributed by atoms with Gasteiger partial charge in [0.25, 0.3) is 0 Å². The number of ketones is 1. The number of carbonyl (C=O) groups excluding carboxylic acids is 1. The van der Waals surface area contributed by atoms with Crippen LogP contribution in [0.3, 0.4) is 0 Å². The van der Waals surface area contributed by atoms with Crippen molar-refractivity contribution in [1.29, 1.82) is 0 Å². The van der Waals surface area contributed by atoms with Gasteiger partial charge in [-0.05, 0) is 18.6 Å². The molecule has 4 nitrogen and oxygen atoms in total. The van der Waals surface area contributed by atoms with Crippen LogP contribution >= 0.6 is 0 Å². The van der Waals surface area contributed by atoms with Crippen LogP contribution in [-0.2, 0) is 20.0 Å². The van der Waals surface area contributed by atoms with E-state index < -0.39 is 0 Å². The summed E-state index contributed by atoms with van der Waals surface area (Å²) in [6, 6.07) is 3.99. The molecular formula is C14H19N3O. The Labute approximate surface area is 107 Å². The van der Waals surface area contributed by atoms with Crippen molar-refractivity contribution in [2.45, 2.75) is 33.2 Å². The summed E-state index contributed by atoms with van der Waals surface area (Å²) in [5, 5.41) is 4.42. The Bertz CT molecular complexity index is 551. The molecule has 0 spiro atoms. The zero-order valence-electron chi connectivity index (χ0n) is 11.2. The first-order valence-electron chi connectivity index (χ1n) is 6.34. The molecule has 0 saturated carbocycles. The summed E-state index contributed by atoms with van der Waals surface area (Å²) in [7, 11) is 1.95.